The minimum Gasteiger partial charge on any atom is -0.366 e. The number of aryl methyl sites for hydroxylation is 1. The van der Waals surface area contributed by atoms with Crippen LogP contribution in [-0.2, 0) is 9.59 Å². The lowest BCUT2D eigenvalue weighted by atomic mass is 9.79. The van der Waals surface area contributed by atoms with Gasteiger partial charge in [0.2, 0.25) is 0 Å². The van der Waals surface area contributed by atoms with Crippen LogP contribution in [-0.4, -0.2) is 29.0 Å². The highest BCUT2D eigenvalue weighted by molar-refractivity contribution is 9.10. The summed E-state index contributed by atoms with van der Waals surface area (Å²) in [6.07, 6.45) is 2.74. The van der Waals surface area contributed by atoms with Crippen molar-refractivity contribution in [2.24, 2.45) is 0 Å². The van der Waals surface area contributed by atoms with Gasteiger partial charge in [-0.15, -0.1) is 0 Å². The Morgan fingerprint density at radius 1 is 1.21 bits per heavy atom. The summed E-state index contributed by atoms with van der Waals surface area (Å²) in [5.74, 6) is -0.523. The van der Waals surface area contributed by atoms with E-state index in [-0.39, 0.29) is 16.2 Å². The first kappa shape index (κ1) is 23.6. The summed E-state index contributed by atoms with van der Waals surface area (Å²) in [6, 6.07) is 11.6. The molecule has 2 aromatic rings. The Hall–Kier alpha value is -2.51. The van der Waals surface area contributed by atoms with Crippen LogP contribution < -0.4 is 15.1 Å². The number of halogens is 1. The smallest absolute Gasteiger partial charge is 0.270 e. The van der Waals surface area contributed by atoms with Crippen LogP contribution in [0.5, 0.6) is 0 Å². The van der Waals surface area contributed by atoms with Crippen LogP contribution in [0.1, 0.15) is 56.7 Å². The first-order valence-corrected chi connectivity index (χ1v) is 12.3. The van der Waals surface area contributed by atoms with Crippen molar-refractivity contribution in [3.8, 4) is 0 Å². The third-order valence-corrected chi connectivity index (χ3v) is 7.39. The monoisotopic (exact) mass is 525 g/mol. The molecule has 2 heterocycles. The third-order valence-electron chi connectivity index (χ3n) is 6.58. The summed E-state index contributed by atoms with van der Waals surface area (Å²) >= 11 is 8.71. The number of anilines is 2. The van der Waals surface area contributed by atoms with Crippen molar-refractivity contribution in [3.63, 3.8) is 0 Å². The average molecular weight is 527 g/mol. The second kappa shape index (κ2) is 8.69. The maximum atomic E-state index is 13.4. The number of benzene rings is 2. The Morgan fingerprint density at radius 2 is 1.88 bits per heavy atom. The molecule has 5 nitrogen and oxygen atoms in total. The Morgan fingerprint density at radius 3 is 2.52 bits per heavy atom. The van der Waals surface area contributed by atoms with Gasteiger partial charge in [-0.3, -0.25) is 19.8 Å². The summed E-state index contributed by atoms with van der Waals surface area (Å²) in [5, 5.41) is 2.75. The number of rotatable bonds is 3. The van der Waals surface area contributed by atoms with Crippen molar-refractivity contribution in [1.29, 1.82) is 0 Å². The lowest BCUT2D eigenvalue weighted by molar-refractivity contribution is -0.122. The Balaban J connectivity index is 1.77. The molecule has 0 aromatic heterocycles. The summed E-state index contributed by atoms with van der Waals surface area (Å²) in [6.45, 7) is 11.9. The zero-order chi connectivity index (χ0) is 24.1. The van der Waals surface area contributed by atoms with Crippen molar-refractivity contribution in [3.05, 3.63) is 63.1 Å². The van der Waals surface area contributed by atoms with E-state index < -0.39 is 11.8 Å². The number of hydrogen-bond donors (Lipinski definition) is 1. The fourth-order valence-corrected chi connectivity index (χ4v) is 5.59. The van der Waals surface area contributed by atoms with E-state index in [0.717, 1.165) is 28.6 Å². The van der Waals surface area contributed by atoms with E-state index in [9.17, 15) is 9.59 Å². The van der Waals surface area contributed by atoms with Crippen molar-refractivity contribution < 1.29 is 9.59 Å². The number of carbonyl (C=O) groups is 2. The highest BCUT2D eigenvalue weighted by Gasteiger charge is 2.37. The predicted octanol–water partition coefficient (Wildman–Crippen LogP) is 5.70. The van der Waals surface area contributed by atoms with E-state index >= 15 is 0 Å². The van der Waals surface area contributed by atoms with E-state index in [4.69, 9.17) is 12.2 Å². The minimum absolute atomic E-state index is 0.0747. The molecule has 0 aliphatic carbocycles. The lowest BCUT2D eigenvalue weighted by Crippen LogP contribution is -2.54. The number of carbonyl (C=O) groups excluding carboxylic acids is 2. The number of nitrogens with one attached hydrogen (secondary N) is 1. The fourth-order valence-electron chi connectivity index (χ4n) is 5.04. The van der Waals surface area contributed by atoms with E-state index in [1.54, 1.807) is 18.2 Å². The zero-order valence-electron chi connectivity index (χ0n) is 19.5. The van der Waals surface area contributed by atoms with E-state index in [1.165, 1.54) is 16.2 Å². The van der Waals surface area contributed by atoms with Gasteiger partial charge < -0.3 is 4.90 Å². The Labute approximate surface area is 209 Å². The van der Waals surface area contributed by atoms with Crippen LogP contribution in [0.25, 0.3) is 6.08 Å². The second-order valence-corrected chi connectivity index (χ2v) is 10.7. The fraction of sp³-hybridized carbons (Fsp3) is 0.346. The molecular formula is C26H28BrN3O2S. The average Bonchev–Trinajstić information content (AvgIpc) is 2.72. The number of amides is 2. The van der Waals surface area contributed by atoms with Gasteiger partial charge in [0.05, 0.1) is 5.69 Å². The molecule has 2 aliphatic rings. The number of nitrogens with zero attached hydrogens (tertiary/aromatic N) is 2. The second-order valence-electron chi connectivity index (χ2n) is 9.36. The van der Waals surface area contributed by atoms with Gasteiger partial charge in [0, 0.05) is 22.2 Å². The van der Waals surface area contributed by atoms with Gasteiger partial charge in [0.1, 0.15) is 5.57 Å². The molecule has 1 N–H and O–H groups in total. The molecular weight excluding hydrogens is 498 g/mol. The van der Waals surface area contributed by atoms with E-state index in [1.807, 2.05) is 19.1 Å². The van der Waals surface area contributed by atoms with Crippen LogP contribution in [0.2, 0.25) is 0 Å². The third kappa shape index (κ3) is 4.24. The molecule has 2 aliphatic heterocycles. The Kier molecular flexibility index (Phi) is 6.22. The molecule has 33 heavy (non-hydrogen) atoms. The molecule has 4 rings (SSSR count). The van der Waals surface area contributed by atoms with Crippen LogP contribution in [0.3, 0.4) is 0 Å². The van der Waals surface area contributed by atoms with Crippen LogP contribution in [0, 0.1) is 6.92 Å². The highest BCUT2D eigenvalue weighted by atomic mass is 79.9. The molecule has 0 saturated carbocycles. The van der Waals surface area contributed by atoms with Crippen molar-refractivity contribution >= 4 is 62.5 Å². The summed E-state index contributed by atoms with van der Waals surface area (Å²) in [7, 11) is 0. The largest absolute Gasteiger partial charge is 0.366 e. The van der Waals surface area contributed by atoms with Gasteiger partial charge in [-0.2, -0.15) is 0 Å². The molecule has 1 fully saturated rings. The van der Waals surface area contributed by atoms with Crippen LogP contribution in [0.4, 0.5) is 11.4 Å². The van der Waals surface area contributed by atoms with E-state index in [2.05, 4.69) is 66.0 Å². The van der Waals surface area contributed by atoms with E-state index in [0.29, 0.717) is 11.6 Å². The normalized spacial score (nSPS) is 21.3. The molecule has 1 atom stereocenters. The van der Waals surface area contributed by atoms with Gasteiger partial charge in [-0.1, -0.05) is 22.9 Å². The molecule has 172 valence electrons. The molecule has 2 amide bonds. The summed E-state index contributed by atoms with van der Waals surface area (Å²) in [4.78, 5) is 30.0. The van der Waals surface area contributed by atoms with Gasteiger partial charge in [0.15, 0.2) is 5.11 Å². The van der Waals surface area contributed by atoms with Crippen LogP contribution in [0.15, 0.2) is 46.4 Å². The molecule has 0 spiro atoms. The summed E-state index contributed by atoms with van der Waals surface area (Å²) in [5.41, 5.74) is 5.14. The zero-order valence-corrected chi connectivity index (χ0v) is 21.9. The minimum atomic E-state index is -0.472. The number of hydrogen-bond acceptors (Lipinski definition) is 4. The van der Waals surface area contributed by atoms with Crippen LogP contribution >= 0.6 is 28.1 Å². The molecule has 1 saturated heterocycles. The maximum absolute atomic E-state index is 13.4. The Bertz CT molecular complexity index is 1190. The molecule has 2 aromatic carbocycles. The van der Waals surface area contributed by atoms with Gasteiger partial charge in [-0.25, -0.2) is 0 Å². The highest BCUT2D eigenvalue weighted by Crippen LogP contribution is 2.44. The standard InChI is InChI=1S/C26H28BrN3O2S/c1-6-29-22-11-15(2)17(12-20(22)16(3)14-26(29,4)5)13-21-23(31)28-25(33)30(24(21)32)19-9-7-18(27)8-10-19/h7-13,16H,6,14H2,1-5H3,(H,28,31,33)/b21-13+/t16-/m0/s1. The topological polar surface area (TPSA) is 52.7 Å². The quantitative estimate of drug-likeness (QED) is 0.317. The van der Waals surface area contributed by atoms with Crippen molar-refractivity contribution in [2.75, 3.05) is 16.3 Å². The number of thiocarbonyl (C=S) groups is 1. The molecule has 0 unspecified atom stereocenters. The maximum Gasteiger partial charge on any atom is 0.270 e. The first-order valence-electron chi connectivity index (χ1n) is 11.1. The number of fused-ring (bicyclic) bond motifs is 1. The molecule has 7 heteroatoms. The first-order chi connectivity index (χ1) is 15.5. The SMILES string of the molecule is CCN1c2cc(C)c(/C=C3\C(=O)NC(=S)N(c4ccc(Br)cc4)C3=O)cc2[C@@H](C)CC1(C)C. The van der Waals surface area contributed by atoms with Gasteiger partial charge in [0.25, 0.3) is 11.8 Å². The van der Waals surface area contributed by atoms with Gasteiger partial charge >= 0.3 is 0 Å². The molecule has 0 bridgehead atoms. The molecule has 0 radical (unpaired) electrons. The predicted molar refractivity (Wildman–Crippen MR) is 142 cm³/mol. The van der Waals surface area contributed by atoms with Gasteiger partial charge in [-0.05, 0) is 111 Å². The summed E-state index contributed by atoms with van der Waals surface area (Å²) < 4.78 is 0.893. The van der Waals surface area contributed by atoms with Crippen molar-refractivity contribution in [2.45, 2.75) is 52.5 Å². The van der Waals surface area contributed by atoms with Crippen molar-refractivity contribution in [1.82, 2.24) is 5.32 Å². The lowest BCUT2D eigenvalue weighted by Gasteiger charge is -2.47.